The monoisotopic (exact) mass is 274 g/mol. The SMILES string of the molecule is O=C(O)c1ccc2c(c1)NC(c1cccs1)C(=O)N2. The van der Waals surface area contributed by atoms with Crippen LogP contribution in [-0.4, -0.2) is 17.0 Å². The summed E-state index contributed by atoms with van der Waals surface area (Å²) in [4.78, 5) is 23.8. The molecule has 2 heterocycles. The minimum atomic E-state index is -0.992. The van der Waals surface area contributed by atoms with Gasteiger partial charge in [0, 0.05) is 4.88 Å². The predicted molar refractivity (Wildman–Crippen MR) is 72.7 cm³/mol. The quantitative estimate of drug-likeness (QED) is 0.786. The molecule has 96 valence electrons. The molecular weight excluding hydrogens is 264 g/mol. The molecule has 1 aliphatic rings. The number of carbonyl (C=O) groups excluding carboxylic acids is 1. The van der Waals surface area contributed by atoms with Crippen molar-refractivity contribution >= 4 is 34.6 Å². The number of aromatic carboxylic acids is 1. The molecular formula is C13H10N2O3S. The first-order valence-electron chi connectivity index (χ1n) is 5.63. The molecule has 0 spiro atoms. The third-order valence-corrected chi connectivity index (χ3v) is 3.85. The maximum absolute atomic E-state index is 12.0. The zero-order valence-corrected chi connectivity index (χ0v) is 10.5. The van der Waals surface area contributed by atoms with Crippen LogP contribution in [-0.2, 0) is 4.79 Å². The molecule has 3 rings (SSSR count). The van der Waals surface area contributed by atoms with Crippen LogP contribution >= 0.6 is 11.3 Å². The average molecular weight is 274 g/mol. The van der Waals surface area contributed by atoms with Crippen LogP contribution in [0.5, 0.6) is 0 Å². The van der Waals surface area contributed by atoms with Gasteiger partial charge >= 0.3 is 5.97 Å². The number of thiophene rings is 1. The zero-order valence-electron chi connectivity index (χ0n) is 9.71. The van der Waals surface area contributed by atoms with Crippen LogP contribution < -0.4 is 10.6 Å². The lowest BCUT2D eigenvalue weighted by atomic mass is 10.1. The smallest absolute Gasteiger partial charge is 0.335 e. The molecule has 1 unspecified atom stereocenters. The van der Waals surface area contributed by atoms with E-state index in [-0.39, 0.29) is 11.5 Å². The summed E-state index contributed by atoms with van der Waals surface area (Å²) in [5, 5.41) is 16.7. The van der Waals surface area contributed by atoms with Crippen molar-refractivity contribution < 1.29 is 14.7 Å². The average Bonchev–Trinajstić information content (AvgIpc) is 2.91. The van der Waals surface area contributed by atoms with E-state index in [2.05, 4.69) is 10.6 Å². The third kappa shape index (κ3) is 2.06. The molecule has 1 amide bonds. The van der Waals surface area contributed by atoms with Gasteiger partial charge in [0.25, 0.3) is 5.91 Å². The van der Waals surface area contributed by atoms with E-state index < -0.39 is 12.0 Å². The van der Waals surface area contributed by atoms with Gasteiger partial charge in [0.15, 0.2) is 0 Å². The molecule has 0 saturated heterocycles. The normalized spacial score (nSPS) is 17.3. The van der Waals surface area contributed by atoms with E-state index >= 15 is 0 Å². The van der Waals surface area contributed by atoms with E-state index in [9.17, 15) is 9.59 Å². The molecule has 0 saturated carbocycles. The maximum Gasteiger partial charge on any atom is 0.335 e. The van der Waals surface area contributed by atoms with Crippen LogP contribution in [0.15, 0.2) is 35.7 Å². The van der Waals surface area contributed by atoms with Gasteiger partial charge in [-0.15, -0.1) is 11.3 Å². The summed E-state index contributed by atoms with van der Waals surface area (Å²) >= 11 is 1.48. The second-order valence-corrected chi connectivity index (χ2v) is 5.13. The molecule has 1 aromatic carbocycles. The number of benzene rings is 1. The van der Waals surface area contributed by atoms with Crippen molar-refractivity contribution in [2.45, 2.75) is 6.04 Å². The van der Waals surface area contributed by atoms with Crippen LogP contribution in [0.4, 0.5) is 11.4 Å². The third-order valence-electron chi connectivity index (χ3n) is 2.91. The molecule has 6 heteroatoms. The summed E-state index contributed by atoms with van der Waals surface area (Å²) < 4.78 is 0. The van der Waals surface area contributed by atoms with Crippen LogP contribution in [0.1, 0.15) is 21.3 Å². The Morgan fingerprint density at radius 3 is 2.79 bits per heavy atom. The molecule has 3 N–H and O–H groups in total. The molecule has 19 heavy (non-hydrogen) atoms. The van der Waals surface area contributed by atoms with Gasteiger partial charge in [-0.1, -0.05) is 6.07 Å². The number of fused-ring (bicyclic) bond motifs is 1. The largest absolute Gasteiger partial charge is 0.478 e. The topological polar surface area (TPSA) is 78.4 Å². The van der Waals surface area contributed by atoms with E-state index in [0.29, 0.717) is 11.4 Å². The summed E-state index contributed by atoms with van der Waals surface area (Å²) in [6, 6.07) is 7.85. The Labute approximate surface area is 112 Å². The summed E-state index contributed by atoms with van der Waals surface area (Å²) in [5.41, 5.74) is 1.41. The minimum absolute atomic E-state index is 0.141. The van der Waals surface area contributed by atoms with Gasteiger partial charge < -0.3 is 15.7 Å². The van der Waals surface area contributed by atoms with Gasteiger partial charge in [0.2, 0.25) is 0 Å². The molecule has 0 aliphatic carbocycles. The second-order valence-electron chi connectivity index (χ2n) is 4.15. The van der Waals surface area contributed by atoms with Crippen LogP contribution in [0.3, 0.4) is 0 Å². The van der Waals surface area contributed by atoms with E-state index in [4.69, 9.17) is 5.11 Å². The Morgan fingerprint density at radius 2 is 2.11 bits per heavy atom. The molecule has 1 aliphatic heterocycles. The van der Waals surface area contributed by atoms with E-state index in [1.807, 2.05) is 17.5 Å². The fraction of sp³-hybridized carbons (Fsp3) is 0.0769. The number of carboxylic acids is 1. The lowest BCUT2D eigenvalue weighted by molar-refractivity contribution is -0.117. The molecule has 2 aromatic rings. The number of rotatable bonds is 2. The molecule has 0 fully saturated rings. The van der Waals surface area contributed by atoms with Crippen molar-refractivity contribution in [2.75, 3.05) is 10.6 Å². The van der Waals surface area contributed by atoms with Crippen molar-refractivity contribution in [2.24, 2.45) is 0 Å². The molecule has 1 atom stereocenters. The second kappa shape index (κ2) is 4.40. The maximum atomic E-state index is 12.0. The highest BCUT2D eigenvalue weighted by atomic mass is 32.1. The standard InChI is InChI=1S/C13H10N2O3S/c16-12-11(10-2-1-5-19-10)14-9-6-7(13(17)18)3-4-8(9)15-12/h1-6,11,14H,(H,15,16)(H,17,18). The van der Waals surface area contributed by atoms with E-state index in [1.165, 1.54) is 23.5 Å². The summed E-state index contributed by atoms with van der Waals surface area (Å²) in [7, 11) is 0. The van der Waals surface area contributed by atoms with Crippen molar-refractivity contribution in [3.05, 3.63) is 46.2 Å². The number of hydrogen-bond donors (Lipinski definition) is 3. The first kappa shape index (κ1) is 11.7. The summed E-state index contributed by atoms with van der Waals surface area (Å²) in [6.45, 7) is 0. The molecule has 0 bridgehead atoms. The zero-order chi connectivity index (χ0) is 13.4. The number of carboxylic acid groups (broad SMARTS) is 1. The predicted octanol–water partition coefficient (Wildman–Crippen LogP) is 2.55. The first-order valence-corrected chi connectivity index (χ1v) is 6.51. The van der Waals surface area contributed by atoms with Crippen LogP contribution in [0.25, 0.3) is 0 Å². The van der Waals surface area contributed by atoms with Gasteiger partial charge in [-0.25, -0.2) is 4.79 Å². The van der Waals surface area contributed by atoms with Gasteiger partial charge in [-0.3, -0.25) is 4.79 Å². The Kier molecular flexibility index (Phi) is 2.72. The van der Waals surface area contributed by atoms with Gasteiger partial charge in [0.05, 0.1) is 16.9 Å². The highest BCUT2D eigenvalue weighted by Crippen LogP contribution is 2.34. The minimum Gasteiger partial charge on any atom is -0.478 e. The number of anilines is 2. The Bertz CT molecular complexity index is 652. The van der Waals surface area contributed by atoms with Crippen molar-refractivity contribution in [3.8, 4) is 0 Å². The Hall–Kier alpha value is -2.34. The van der Waals surface area contributed by atoms with E-state index in [0.717, 1.165) is 4.88 Å². The van der Waals surface area contributed by atoms with Crippen LogP contribution in [0.2, 0.25) is 0 Å². The van der Waals surface area contributed by atoms with Crippen molar-refractivity contribution in [1.82, 2.24) is 0 Å². The number of carbonyl (C=O) groups is 2. The molecule has 1 aromatic heterocycles. The number of amides is 1. The first-order chi connectivity index (χ1) is 9.15. The van der Waals surface area contributed by atoms with Gasteiger partial charge in [-0.05, 0) is 29.6 Å². The van der Waals surface area contributed by atoms with E-state index in [1.54, 1.807) is 6.07 Å². The van der Waals surface area contributed by atoms with Gasteiger partial charge in [-0.2, -0.15) is 0 Å². The Morgan fingerprint density at radius 1 is 1.26 bits per heavy atom. The fourth-order valence-corrected chi connectivity index (χ4v) is 2.76. The number of hydrogen-bond acceptors (Lipinski definition) is 4. The fourth-order valence-electron chi connectivity index (χ4n) is 1.99. The van der Waals surface area contributed by atoms with Crippen molar-refractivity contribution in [1.29, 1.82) is 0 Å². The Balaban J connectivity index is 1.98. The lowest BCUT2D eigenvalue weighted by Crippen LogP contribution is -2.31. The lowest BCUT2D eigenvalue weighted by Gasteiger charge is -2.26. The highest BCUT2D eigenvalue weighted by molar-refractivity contribution is 7.10. The summed E-state index contributed by atoms with van der Waals surface area (Å²) in [6.07, 6.45) is 0. The van der Waals surface area contributed by atoms with Gasteiger partial charge in [0.1, 0.15) is 6.04 Å². The highest BCUT2D eigenvalue weighted by Gasteiger charge is 2.27. The number of nitrogens with one attached hydrogen (secondary N) is 2. The molecule has 5 nitrogen and oxygen atoms in total. The van der Waals surface area contributed by atoms with Crippen LogP contribution in [0, 0.1) is 0 Å². The summed E-state index contributed by atoms with van der Waals surface area (Å²) in [5.74, 6) is -1.13. The molecule has 0 radical (unpaired) electrons. The van der Waals surface area contributed by atoms with Crippen molar-refractivity contribution in [3.63, 3.8) is 0 Å².